The molecule has 0 spiro atoms. The highest BCUT2D eigenvalue weighted by atomic mass is 16.7. The Bertz CT molecular complexity index is 727. The summed E-state index contributed by atoms with van der Waals surface area (Å²) in [5, 5.41) is 3.49. The highest BCUT2D eigenvalue weighted by molar-refractivity contribution is 5.47. The van der Waals surface area contributed by atoms with E-state index in [0.717, 1.165) is 49.8 Å². The number of rotatable bonds is 4. The Morgan fingerprint density at radius 1 is 1.00 bits per heavy atom. The Balaban J connectivity index is 1.74. The van der Waals surface area contributed by atoms with Crippen molar-refractivity contribution in [2.45, 2.75) is 12.5 Å². The zero-order valence-electron chi connectivity index (χ0n) is 14.5. The van der Waals surface area contributed by atoms with Crippen LogP contribution in [-0.4, -0.2) is 45.0 Å². The monoisotopic (exact) mass is 340 g/mol. The van der Waals surface area contributed by atoms with Crippen LogP contribution in [0.5, 0.6) is 17.2 Å². The van der Waals surface area contributed by atoms with Crippen LogP contribution in [0.1, 0.15) is 23.6 Å². The van der Waals surface area contributed by atoms with Gasteiger partial charge in [0.15, 0.2) is 11.5 Å². The van der Waals surface area contributed by atoms with E-state index in [1.54, 1.807) is 7.11 Å². The van der Waals surface area contributed by atoms with Crippen molar-refractivity contribution in [3.8, 4) is 17.2 Å². The molecule has 1 fully saturated rings. The van der Waals surface area contributed by atoms with Gasteiger partial charge in [-0.3, -0.25) is 4.90 Å². The number of fused-ring (bicyclic) bond motifs is 1. The van der Waals surface area contributed by atoms with E-state index in [4.69, 9.17) is 14.2 Å². The second-order valence-electron chi connectivity index (χ2n) is 6.43. The predicted octanol–water partition coefficient (Wildman–Crippen LogP) is 2.81. The van der Waals surface area contributed by atoms with E-state index < -0.39 is 0 Å². The van der Waals surface area contributed by atoms with Gasteiger partial charge in [-0.2, -0.15) is 0 Å². The molecule has 0 bridgehead atoms. The lowest BCUT2D eigenvalue weighted by Gasteiger charge is -2.31. The molecule has 0 saturated carbocycles. The predicted molar refractivity (Wildman–Crippen MR) is 96.5 cm³/mol. The Labute approximate surface area is 148 Å². The highest BCUT2D eigenvalue weighted by Gasteiger charge is 2.25. The van der Waals surface area contributed by atoms with Crippen molar-refractivity contribution in [1.82, 2.24) is 10.2 Å². The molecule has 0 aromatic heterocycles. The number of methoxy groups -OCH3 is 1. The van der Waals surface area contributed by atoms with Gasteiger partial charge in [0, 0.05) is 19.6 Å². The van der Waals surface area contributed by atoms with Gasteiger partial charge in [-0.15, -0.1) is 0 Å². The van der Waals surface area contributed by atoms with Crippen LogP contribution in [0, 0.1) is 0 Å². The fourth-order valence-electron chi connectivity index (χ4n) is 3.63. The molecule has 2 aromatic carbocycles. The quantitative estimate of drug-likeness (QED) is 0.927. The molecular formula is C20H24N2O3. The third-order valence-electron chi connectivity index (χ3n) is 4.86. The molecule has 4 rings (SSSR count). The van der Waals surface area contributed by atoms with E-state index >= 15 is 0 Å². The molecule has 132 valence electrons. The first-order valence-corrected chi connectivity index (χ1v) is 8.83. The third-order valence-corrected chi connectivity index (χ3v) is 4.86. The Morgan fingerprint density at radius 3 is 2.80 bits per heavy atom. The van der Waals surface area contributed by atoms with Gasteiger partial charge in [0.2, 0.25) is 6.79 Å². The topological polar surface area (TPSA) is 43.0 Å². The minimum absolute atomic E-state index is 0.171. The summed E-state index contributed by atoms with van der Waals surface area (Å²) in [6.07, 6.45) is 1.14. The van der Waals surface area contributed by atoms with Crippen molar-refractivity contribution in [1.29, 1.82) is 0 Å². The summed E-state index contributed by atoms with van der Waals surface area (Å²) >= 11 is 0. The minimum Gasteiger partial charge on any atom is -0.497 e. The number of hydrogen-bond donors (Lipinski definition) is 1. The fourth-order valence-corrected chi connectivity index (χ4v) is 3.63. The molecule has 2 aliphatic heterocycles. The lowest BCUT2D eigenvalue weighted by molar-refractivity contribution is 0.173. The van der Waals surface area contributed by atoms with E-state index in [-0.39, 0.29) is 6.04 Å². The number of benzene rings is 2. The van der Waals surface area contributed by atoms with Crippen molar-refractivity contribution >= 4 is 0 Å². The SMILES string of the molecule is COc1cccc(C(c2ccc3c(c2)OCO3)N2CCCNCC2)c1. The zero-order chi connectivity index (χ0) is 17.1. The molecule has 0 radical (unpaired) electrons. The van der Waals surface area contributed by atoms with Crippen LogP contribution in [0.15, 0.2) is 42.5 Å². The Morgan fingerprint density at radius 2 is 1.88 bits per heavy atom. The van der Waals surface area contributed by atoms with Gasteiger partial charge in [-0.25, -0.2) is 0 Å². The maximum atomic E-state index is 5.60. The molecule has 1 N–H and O–H groups in total. The molecule has 1 saturated heterocycles. The van der Waals surface area contributed by atoms with Crippen LogP contribution >= 0.6 is 0 Å². The van der Waals surface area contributed by atoms with Gasteiger partial charge in [-0.1, -0.05) is 18.2 Å². The average molecular weight is 340 g/mol. The molecule has 5 heteroatoms. The first-order chi connectivity index (χ1) is 12.3. The maximum absolute atomic E-state index is 5.60. The van der Waals surface area contributed by atoms with Crippen molar-refractivity contribution in [3.63, 3.8) is 0 Å². The van der Waals surface area contributed by atoms with Crippen LogP contribution in [0.4, 0.5) is 0 Å². The van der Waals surface area contributed by atoms with Crippen LogP contribution < -0.4 is 19.5 Å². The molecular weight excluding hydrogens is 316 g/mol. The zero-order valence-corrected chi connectivity index (χ0v) is 14.5. The summed E-state index contributed by atoms with van der Waals surface area (Å²) in [6.45, 7) is 4.45. The molecule has 1 atom stereocenters. The van der Waals surface area contributed by atoms with Crippen molar-refractivity contribution < 1.29 is 14.2 Å². The number of nitrogens with one attached hydrogen (secondary N) is 1. The van der Waals surface area contributed by atoms with Gasteiger partial charge in [0.1, 0.15) is 5.75 Å². The number of ether oxygens (including phenoxy) is 3. The van der Waals surface area contributed by atoms with Crippen molar-refractivity contribution in [2.75, 3.05) is 40.1 Å². The molecule has 25 heavy (non-hydrogen) atoms. The van der Waals surface area contributed by atoms with Gasteiger partial charge in [-0.05, 0) is 48.4 Å². The summed E-state index contributed by atoms with van der Waals surface area (Å²) in [5.41, 5.74) is 2.46. The van der Waals surface area contributed by atoms with E-state index in [0.29, 0.717) is 6.79 Å². The third kappa shape index (κ3) is 3.43. The molecule has 1 unspecified atom stereocenters. The van der Waals surface area contributed by atoms with Crippen molar-refractivity contribution in [2.24, 2.45) is 0 Å². The van der Waals surface area contributed by atoms with Gasteiger partial charge >= 0.3 is 0 Å². The maximum Gasteiger partial charge on any atom is 0.231 e. The first-order valence-electron chi connectivity index (χ1n) is 8.83. The largest absolute Gasteiger partial charge is 0.497 e. The van der Waals surface area contributed by atoms with Crippen molar-refractivity contribution in [3.05, 3.63) is 53.6 Å². The van der Waals surface area contributed by atoms with Gasteiger partial charge in [0.25, 0.3) is 0 Å². The van der Waals surface area contributed by atoms with Crippen LogP contribution in [0.2, 0.25) is 0 Å². The van der Waals surface area contributed by atoms with E-state index in [9.17, 15) is 0 Å². The minimum atomic E-state index is 0.171. The van der Waals surface area contributed by atoms with Crippen LogP contribution in [-0.2, 0) is 0 Å². The van der Waals surface area contributed by atoms with E-state index in [1.807, 2.05) is 12.1 Å². The fraction of sp³-hybridized carbons (Fsp3) is 0.400. The molecule has 2 aliphatic rings. The standard InChI is InChI=1S/C20H24N2O3/c1-23-17-5-2-4-15(12-17)20(22-10-3-8-21-9-11-22)16-6-7-18-19(13-16)25-14-24-18/h2,4-7,12-13,20-21H,3,8-11,14H2,1H3. The summed E-state index contributed by atoms with van der Waals surface area (Å²) < 4.78 is 16.5. The molecule has 5 nitrogen and oxygen atoms in total. The molecule has 0 amide bonds. The lowest BCUT2D eigenvalue weighted by atomic mass is 9.96. The number of nitrogens with zero attached hydrogens (tertiary/aromatic N) is 1. The first kappa shape index (κ1) is 16.2. The van der Waals surface area contributed by atoms with Gasteiger partial charge < -0.3 is 19.5 Å². The smallest absolute Gasteiger partial charge is 0.231 e. The molecule has 2 aromatic rings. The highest BCUT2D eigenvalue weighted by Crippen LogP contribution is 2.38. The number of hydrogen-bond acceptors (Lipinski definition) is 5. The average Bonchev–Trinajstić information content (AvgIpc) is 2.96. The molecule has 0 aliphatic carbocycles. The summed E-state index contributed by atoms with van der Waals surface area (Å²) in [5.74, 6) is 2.54. The summed E-state index contributed by atoms with van der Waals surface area (Å²) in [7, 11) is 1.71. The second kappa shape index (κ2) is 7.33. The van der Waals surface area contributed by atoms with Gasteiger partial charge in [0.05, 0.1) is 13.2 Å². The molecule has 2 heterocycles. The Hall–Kier alpha value is -2.24. The summed E-state index contributed by atoms with van der Waals surface area (Å²) in [6, 6.07) is 14.8. The normalized spacial score (nSPS) is 18.6. The van der Waals surface area contributed by atoms with E-state index in [2.05, 4.69) is 40.5 Å². The van der Waals surface area contributed by atoms with Crippen LogP contribution in [0.3, 0.4) is 0 Å². The van der Waals surface area contributed by atoms with Crippen LogP contribution in [0.25, 0.3) is 0 Å². The lowest BCUT2D eigenvalue weighted by Crippen LogP contribution is -2.33. The summed E-state index contributed by atoms with van der Waals surface area (Å²) in [4.78, 5) is 2.53. The Kier molecular flexibility index (Phi) is 4.76. The second-order valence-corrected chi connectivity index (χ2v) is 6.43. The van der Waals surface area contributed by atoms with E-state index in [1.165, 1.54) is 11.1 Å².